The minimum absolute atomic E-state index is 0.219. The van der Waals surface area contributed by atoms with Gasteiger partial charge in [-0.15, -0.1) is 0 Å². The summed E-state index contributed by atoms with van der Waals surface area (Å²) in [5.74, 6) is 0.256. The van der Waals surface area contributed by atoms with E-state index in [-0.39, 0.29) is 12.0 Å². The predicted octanol–water partition coefficient (Wildman–Crippen LogP) is 2.63. The van der Waals surface area contributed by atoms with Crippen LogP contribution in [0.3, 0.4) is 0 Å². The van der Waals surface area contributed by atoms with Crippen LogP contribution in [-0.2, 0) is 0 Å². The van der Waals surface area contributed by atoms with Crippen molar-refractivity contribution in [2.75, 3.05) is 13.2 Å². The van der Waals surface area contributed by atoms with Crippen molar-refractivity contribution in [2.24, 2.45) is 0 Å². The lowest BCUT2D eigenvalue weighted by Gasteiger charge is -2.12. The third kappa shape index (κ3) is 5.09. The molecule has 5 heteroatoms. The molecule has 0 saturated carbocycles. The van der Waals surface area contributed by atoms with E-state index in [2.05, 4.69) is 5.32 Å². The Hall–Kier alpha value is -1.26. The average molecular weight is 286 g/mol. The van der Waals surface area contributed by atoms with E-state index in [0.717, 1.165) is 0 Å². The Bertz CT molecular complexity index is 423. The molecule has 1 atom stereocenters. The van der Waals surface area contributed by atoms with Crippen LogP contribution in [0.1, 0.15) is 37.0 Å². The van der Waals surface area contributed by atoms with E-state index >= 15 is 0 Å². The summed E-state index contributed by atoms with van der Waals surface area (Å²) in [4.78, 5) is 12.0. The Labute approximate surface area is 118 Å². The van der Waals surface area contributed by atoms with Crippen molar-refractivity contribution in [3.63, 3.8) is 0 Å². The number of aliphatic hydroxyl groups is 1. The second-order valence-corrected chi connectivity index (χ2v) is 4.62. The zero-order valence-corrected chi connectivity index (χ0v) is 12.0. The van der Waals surface area contributed by atoms with E-state index in [1.165, 1.54) is 0 Å². The van der Waals surface area contributed by atoms with Gasteiger partial charge in [0.25, 0.3) is 5.91 Å². The lowest BCUT2D eigenvalue weighted by Crippen LogP contribution is -2.27. The molecule has 0 spiro atoms. The van der Waals surface area contributed by atoms with E-state index in [1.807, 2.05) is 13.8 Å². The molecule has 2 N–H and O–H groups in total. The summed E-state index contributed by atoms with van der Waals surface area (Å²) < 4.78 is 5.39. The molecule has 4 nitrogen and oxygen atoms in total. The lowest BCUT2D eigenvalue weighted by molar-refractivity contribution is 0.0938. The van der Waals surface area contributed by atoms with Gasteiger partial charge >= 0.3 is 0 Å². The van der Waals surface area contributed by atoms with Gasteiger partial charge in [0.1, 0.15) is 5.75 Å². The van der Waals surface area contributed by atoms with Crippen molar-refractivity contribution >= 4 is 17.5 Å². The lowest BCUT2D eigenvalue weighted by atomic mass is 10.1. The molecule has 0 aliphatic heterocycles. The number of hydrogen-bond acceptors (Lipinski definition) is 3. The average Bonchev–Trinajstić information content (AvgIpc) is 2.38. The molecule has 0 saturated heterocycles. The van der Waals surface area contributed by atoms with Gasteiger partial charge in [-0.1, -0.05) is 18.5 Å². The maximum Gasteiger partial charge on any atom is 0.255 e. The summed E-state index contributed by atoms with van der Waals surface area (Å²) in [6.07, 6.45) is 0.845. The first-order valence-electron chi connectivity index (χ1n) is 6.47. The summed E-state index contributed by atoms with van der Waals surface area (Å²) in [6.45, 7) is 4.65. The Morgan fingerprint density at radius 2 is 2.21 bits per heavy atom. The highest BCUT2D eigenvalue weighted by atomic mass is 35.5. The number of halogens is 1. The van der Waals surface area contributed by atoms with Crippen LogP contribution in [0.5, 0.6) is 5.75 Å². The summed E-state index contributed by atoms with van der Waals surface area (Å²) in [5.41, 5.74) is 0.456. The van der Waals surface area contributed by atoms with Crippen LogP contribution in [0.15, 0.2) is 18.2 Å². The second kappa shape index (κ2) is 8.02. The van der Waals surface area contributed by atoms with Gasteiger partial charge in [-0.25, -0.2) is 0 Å². The number of benzene rings is 1. The van der Waals surface area contributed by atoms with E-state index in [0.29, 0.717) is 42.3 Å². The molecule has 0 radical (unpaired) electrons. The van der Waals surface area contributed by atoms with Gasteiger partial charge in [0.15, 0.2) is 0 Å². The molecule has 19 heavy (non-hydrogen) atoms. The van der Waals surface area contributed by atoms with Crippen molar-refractivity contribution in [2.45, 2.75) is 32.8 Å². The summed E-state index contributed by atoms with van der Waals surface area (Å²) in [5, 5.41) is 12.7. The number of carbonyl (C=O) groups is 1. The number of nitrogens with one attached hydrogen (secondary N) is 1. The molecular formula is C14H20ClNO3. The minimum Gasteiger partial charge on any atom is -0.493 e. The normalized spacial score (nSPS) is 12.0. The number of rotatable bonds is 7. The largest absolute Gasteiger partial charge is 0.493 e. The third-order valence-electron chi connectivity index (χ3n) is 2.72. The summed E-state index contributed by atoms with van der Waals surface area (Å²) >= 11 is 5.88. The highest BCUT2D eigenvalue weighted by Gasteiger charge is 2.13. The van der Waals surface area contributed by atoms with Crippen LogP contribution in [0, 0.1) is 0 Å². The van der Waals surface area contributed by atoms with Crippen molar-refractivity contribution in [3.05, 3.63) is 28.8 Å². The molecule has 1 aromatic rings. The third-order valence-corrected chi connectivity index (χ3v) is 2.96. The molecule has 1 unspecified atom stereocenters. The van der Waals surface area contributed by atoms with Gasteiger partial charge in [-0.2, -0.15) is 0 Å². The molecular weight excluding hydrogens is 266 g/mol. The number of amides is 1. The molecule has 1 aromatic carbocycles. The van der Waals surface area contributed by atoms with Crippen molar-refractivity contribution in [3.8, 4) is 5.75 Å². The fraction of sp³-hybridized carbons (Fsp3) is 0.500. The van der Waals surface area contributed by atoms with Gasteiger partial charge < -0.3 is 15.2 Å². The quantitative estimate of drug-likeness (QED) is 0.810. The first kappa shape index (κ1) is 15.8. The smallest absolute Gasteiger partial charge is 0.255 e. The molecule has 1 rings (SSSR count). The van der Waals surface area contributed by atoms with Crippen LogP contribution in [0.25, 0.3) is 0 Å². The fourth-order valence-corrected chi connectivity index (χ4v) is 1.77. The Kier molecular flexibility index (Phi) is 6.67. The number of aliphatic hydroxyl groups excluding tert-OH is 1. The fourth-order valence-electron chi connectivity index (χ4n) is 1.61. The Morgan fingerprint density at radius 1 is 1.47 bits per heavy atom. The van der Waals surface area contributed by atoms with Gasteiger partial charge in [0, 0.05) is 11.6 Å². The zero-order valence-electron chi connectivity index (χ0n) is 11.3. The molecule has 0 fully saturated rings. The SMILES string of the molecule is CCOc1cc(Cl)ccc1C(=O)NCCC(O)CC. The van der Waals surface area contributed by atoms with Crippen LogP contribution in [-0.4, -0.2) is 30.3 Å². The molecule has 0 aliphatic rings. The Balaban J connectivity index is 2.65. The van der Waals surface area contributed by atoms with E-state index in [9.17, 15) is 9.90 Å². The van der Waals surface area contributed by atoms with Crippen molar-refractivity contribution < 1.29 is 14.6 Å². The van der Waals surface area contributed by atoms with Gasteiger partial charge in [-0.3, -0.25) is 4.79 Å². The van der Waals surface area contributed by atoms with E-state index < -0.39 is 0 Å². The van der Waals surface area contributed by atoms with Crippen molar-refractivity contribution in [1.82, 2.24) is 5.32 Å². The van der Waals surface area contributed by atoms with Crippen molar-refractivity contribution in [1.29, 1.82) is 0 Å². The van der Waals surface area contributed by atoms with Crippen LogP contribution in [0.4, 0.5) is 0 Å². The first-order chi connectivity index (χ1) is 9.08. The molecule has 1 amide bonds. The number of carbonyl (C=O) groups excluding carboxylic acids is 1. The molecule has 0 aromatic heterocycles. The maximum absolute atomic E-state index is 12.0. The van der Waals surface area contributed by atoms with Gasteiger partial charge in [0.2, 0.25) is 0 Å². The second-order valence-electron chi connectivity index (χ2n) is 4.18. The predicted molar refractivity (Wildman–Crippen MR) is 75.9 cm³/mol. The number of hydrogen-bond donors (Lipinski definition) is 2. The number of ether oxygens (including phenoxy) is 1. The topological polar surface area (TPSA) is 58.6 Å². The van der Waals surface area contributed by atoms with Gasteiger partial charge in [0.05, 0.1) is 18.3 Å². The first-order valence-corrected chi connectivity index (χ1v) is 6.84. The standard InChI is InChI=1S/C14H20ClNO3/c1-3-11(17)7-8-16-14(18)12-6-5-10(15)9-13(12)19-4-2/h5-6,9,11,17H,3-4,7-8H2,1-2H3,(H,16,18). The summed E-state index contributed by atoms with van der Waals surface area (Å²) in [7, 11) is 0. The van der Waals surface area contributed by atoms with Gasteiger partial charge in [-0.05, 0) is 38.0 Å². The minimum atomic E-state index is -0.378. The zero-order chi connectivity index (χ0) is 14.3. The Morgan fingerprint density at radius 3 is 2.84 bits per heavy atom. The molecule has 0 bridgehead atoms. The van der Waals surface area contributed by atoms with E-state index in [4.69, 9.17) is 16.3 Å². The molecule has 0 aliphatic carbocycles. The monoisotopic (exact) mass is 285 g/mol. The summed E-state index contributed by atoms with van der Waals surface area (Å²) in [6, 6.07) is 4.92. The van der Waals surface area contributed by atoms with E-state index in [1.54, 1.807) is 18.2 Å². The van der Waals surface area contributed by atoms with Crippen LogP contribution >= 0.6 is 11.6 Å². The molecule has 0 heterocycles. The highest BCUT2D eigenvalue weighted by molar-refractivity contribution is 6.30. The highest BCUT2D eigenvalue weighted by Crippen LogP contribution is 2.23. The molecule has 106 valence electrons. The van der Waals surface area contributed by atoms with Crippen LogP contribution in [0.2, 0.25) is 5.02 Å². The maximum atomic E-state index is 12.0. The van der Waals surface area contributed by atoms with Crippen LogP contribution < -0.4 is 10.1 Å².